The molecule has 1 fully saturated rings. The summed E-state index contributed by atoms with van der Waals surface area (Å²) in [6, 6.07) is 15.4. The average Bonchev–Trinajstić information content (AvgIpc) is 3.01. The molecule has 3 rings (SSSR count). The van der Waals surface area contributed by atoms with Crippen molar-refractivity contribution in [2.75, 3.05) is 18.0 Å². The van der Waals surface area contributed by atoms with Crippen LogP contribution in [0.25, 0.3) is 0 Å². The van der Waals surface area contributed by atoms with E-state index in [4.69, 9.17) is 16.9 Å². The van der Waals surface area contributed by atoms with Crippen LogP contribution in [0.2, 0.25) is 5.02 Å². The maximum atomic E-state index is 12.3. The summed E-state index contributed by atoms with van der Waals surface area (Å²) in [5, 5.41) is 9.51. The fraction of sp³-hybridized carbons (Fsp3) is 0.286. The molecule has 0 saturated carbocycles. The molecule has 1 atom stereocenters. The van der Waals surface area contributed by atoms with Gasteiger partial charge in [-0.2, -0.15) is 5.26 Å². The van der Waals surface area contributed by atoms with Crippen LogP contribution in [-0.2, 0) is 16.1 Å². The number of anilines is 1. The minimum atomic E-state index is -0.0685. The monoisotopic (exact) mass is 381 g/mol. The van der Waals surface area contributed by atoms with E-state index < -0.39 is 0 Å². The summed E-state index contributed by atoms with van der Waals surface area (Å²) in [6.45, 7) is 3.27. The molecule has 1 aliphatic rings. The largest absolute Gasteiger partial charge is 0.362 e. The first-order valence-electron chi connectivity index (χ1n) is 8.75. The predicted octanol–water partition coefficient (Wildman–Crippen LogP) is 3.33. The van der Waals surface area contributed by atoms with Gasteiger partial charge in [-0.1, -0.05) is 35.9 Å². The molecule has 0 bridgehead atoms. The summed E-state index contributed by atoms with van der Waals surface area (Å²) in [4.78, 5) is 26.8. The first-order chi connectivity index (χ1) is 13.0. The van der Waals surface area contributed by atoms with E-state index in [2.05, 4.69) is 30.0 Å². The number of carbonyl (C=O) groups is 2. The number of nitriles is 1. The van der Waals surface area contributed by atoms with Crippen molar-refractivity contribution in [1.29, 1.82) is 5.26 Å². The molecule has 0 aromatic heterocycles. The number of likely N-dealkylation sites (tertiary alicyclic amines) is 1. The van der Waals surface area contributed by atoms with Gasteiger partial charge in [0, 0.05) is 25.2 Å². The molecular formula is C21H20ClN3O2. The third-order valence-electron chi connectivity index (χ3n) is 4.94. The van der Waals surface area contributed by atoms with Gasteiger partial charge < -0.3 is 14.6 Å². The molecule has 0 N–H and O–H groups in total. The van der Waals surface area contributed by atoms with Crippen molar-refractivity contribution in [3.63, 3.8) is 0 Å². The smallest absolute Gasteiger partial charge is 0.225 e. The number of hydrogen-bond donors (Lipinski definition) is 0. The molecule has 0 spiro atoms. The average molecular weight is 382 g/mol. The number of aldehydes is 1. The van der Waals surface area contributed by atoms with Crippen LogP contribution in [0.15, 0.2) is 42.5 Å². The molecule has 2 aromatic rings. The zero-order chi connectivity index (χ0) is 19.4. The van der Waals surface area contributed by atoms with Gasteiger partial charge in [0.25, 0.3) is 0 Å². The Morgan fingerprint density at radius 2 is 2.11 bits per heavy atom. The molecule has 0 aliphatic carbocycles. The molecule has 1 heterocycles. The zero-order valence-electron chi connectivity index (χ0n) is 15.1. The molecular weight excluding hydrogens is 362 g/mol. The van der Waals surface area contributed by atoms with Crippen molar-refractivity contribution in [3.8, 4) is 6.07 Å². The topological polar surface area (TPSA) is 64.4 Å². The van der Waals surface area contributed by atoms with Crippen LogP contribution in [-0.4, -0.2) is 36.2 Å². The number of carbonyl (C=O) groups excluding carboxylic acids is 2. The second-order valence-corrected chi connectivity index (χ2v) is 7.06. The van der Waals surface area contributed by atoms with Crippen molar-refractivity contribution >= 4 is 29.5 Å². The number of nitrogens with zero attached hydrogens (tertiary/aromatic N) is 3. The first-order valence-corrected chi connectivity index (χ1v) is 9.13. The predicted molar refractivity (Wildman–Crippen MR) is 105 cm³/mol. The molecule has 1 unspecified atom stereocenters. The lowest BCUT2D eigenvalue weighted by atomic mass is 10.1. The minimum absolute atomic E-state index is 0.0263. The van der Waals surface area contributed by atoms with Gasteiger partial charge in [-0.3, -0.25) is 4.79 Å². The third kappa shape index (κ3) is 4.12. The Labute approximate surface area is 163 Å². The summed E-state index contributed by atoms with van der Waals surface area (Å²) >= 11 is 6.25. The Morgan fingerprint density at radius 1 is 1.33 bits per heavy atom. The summed E-state index contributed by atoms with van der Waals surface area (Å²) in [6.07, 6.45) is 1.10. The molecule has 0 radical (unpaired) electrons. The second kappa shape index (κ2) is 8.24. The molecule has 1 saturated heterocycles. The summed E-state index contributed by atoms with van der Waals surface area (Å²) in [7, 11) is 0. The Balaban J connectivity index is 1.95. The van der Waals surface area contributed by atoms with Gasteiger partial charge in [0.1, 0.15) is 12.4 Å². The second-order valence-electron chi connectivity index (χ2n) is 6.65. The van der Waals surface area contributed by atoms with E-state index in [1.807, 2.05) is 18.2 Å². The highest BCUT2D eigenvalue weighted by molar-refractivity contribution is 6.32. The standard InChI is InChI=1S/C21H20ClN3O2/c1-15-4-2-3-5-17(15)13-25(18-7-6-16(12-23)20(22)10-18)19-11-21(27)24(14-19)8-9-26/h2-7,9-10,19H,8,11,13-14H2,1H3. The molecule has 27 heavy (non-hydrogen) atoms. The van der Waals surface area contributed by atoms with E-state index >= 15 is 0 Å². The summed E-state index contributed by atoms with van der Waals surface area (Å²) < 4.78 is 0. The quantitative estimate of drug-likeness (QED) is 0.720. The van der Waals surface area contributed by atoms with Crippen LogP contribution in [0.4, 0.5) is 5.69 Å². The van der Waals surface area contributed by atoms with E-state index in [-0.39, 0.29) is 18.5 Å². The minimum Gasteiger partial charge on any atom is -0.362 e. The molecule has 1 aliphatic heterocycles. The van der Waals surface area contributed by atoms with Gasteiger partial charge in [-0.05, 0) is 36.2 Å². The van der Waals surface area contributed by atoms with Gasteiger partial charge in [0.15, 0.2) is 0 Å². The molecule has 5 nitrogen and oxygen atoms in total. The molecule has 6 heteroatoms. The molecule has 138 valence electrons. The van der Waals surface area contributed by atoms with Crippen molar-refractivity contribution < 1.29 is 9.59 Å². The lowest BCUT2D eigenvalue weighted by Gasteiger charge is -2.31. The van der Waals surface area contributed by atoms with Crippen molar-refractivity contribution in [2.45, 2.75) is 25.9 Å². The maximum Gasteiger partial charge on any atom is 0.225 e. The maximum absolute atomic E-state index is 12.3. The highest BCUT2D eigenvalue weighted by atomic mass is 35.5. The van der Waals surface area contributed by atoms with Crippen LogP contribution in [0, 0.1) is 18.3 Å². The van der Waals surface area contributed by atoms with Crippen LogP contribution in [0.1, 0.15) is 23.1 Å². The highest BCUT2D eigenvalue weighted by Crippen LogP contribution is 2.30. The number of rotatable bonds is 6. The number of benzene rings is 2. The number of aryl methyl sites for hydroxylation is 1. The van der Waals surface area contributed by atoms with Crippen LogP contribution >= 0.6 is 11.6 Å². The normalized spacial score (nSPS) is 16.3. The van der Waals surface area contributed by atoms with E-state index in [0.29, 0.717) is 30.1 Å². The number of amides is 1. The van der Waals surface area contributed by atoms with Gasteiger partial charge in [0.05, 0.1) is 23.2 Å². The Kier molecular flexibility index (Phi) is 5.78. The van der Waals surface area contributed by atoms with Crippen LogP contribution in [0.5, 0.6) is 0 Å². The van der Waals surface area contributed by atoms with Crippen LogP contribution in [0.3, 0.4) is 0 Å². The lowest BCUT2D eigenvalue weighted by molar-refractivity contribution is -0.129. The SMILES string of the molecule is Cc1ccccc1CN(c1ccc(C#N)c(Cl)c1)C1CC(=O)N(CC=O)C1. The van der Waals surface area contributed by atoms with E-state index in [1.165, 1.54) is 0 Å². The van der Waals surface area contributed by atoms with Gasteiger partial charge in [-0.25, -0.2) is 0 Å². The van der Waals surface area contributed by atoms with Crippen molar-refractivity contribution in [1.82, 2.24) is 4.90 Å². The van der Waals surface area contributed by atoms with Crippen molar-refractivity contribution in [3.05, 3.63) is 64.2 Å². The number of halogens is 1. The third-order valence-corrected chi connectivity index (χ3v) is 5.25. The van der Waals surface area contributed by atoms with E-state index in [1.54, 1.807) is 17.0 Å². The fourth-order valence-corrected chi connectivity index (χ4v) is 3.62. The fourth-order valence-electron chi connectivity index (χ4n) is 3.40. The Morgan fingerprint density at radius 3 is 2.78 bits per heavy atom. The number of hydrogen-bond acceptors (Lipinski definition) is 4. The lowest BCUT2D eigenvalue weighted by Crippen LogP contribution is -2.38. The van der Waals surface area contributed by atoms with Crippen LogP contribution < -0.4 is 4.90 Å². The molecule has 2 aromatic carbocycles. The van der Waals surface area contributed by atoms with Crippen molar-refractivity contribution in [2.24, 2.45) is 0 Å². The van der Waals surface area contributed by atoms with Gasteiger partial charge >= 0.3 is 0 Å². The van der Waals surface area contributed by atoms with Gasteiger partial charge in [0.2, 0.25) is 5.91 Å². The van der Waals surface area contributed by atoms with E-state index in [9.17, 15) is 9.59 Å². The zero-order valence-corrected chi connectivity index (χ0v) is 15.8. The Bertz CT molecular complexity index is 907. The molecule has 1 amide bonds. The van der Waals surface area contributed by atoms with E-state index in [0.717, 1.165) is 23.1 Å². The summed E-state index contributed by atoms with van der Waals surface area (Å²) in [5.41, 5.74) is 3.59. The summed E-state index contributed by atoms with van der Waals surface area (Å²) in [5.74, 6) is -0.0263. The first kappa shape index (κ1) is 18.9. The van der Waals surface area contributed by atoms with Gasteiger partial charge in [-0.15, -0.1) is 0 Å². The highest BCUT2D eigenvalue weighted by Gasteiger charge is 2.33. The Hall–Kier alpha value is -2.84.